The minimum absolute atomic E-state index is 0.187. The van der Waals surface area contributed by atoms with Gasteiger partial charge in [0.2, 0.25) is 11.9 Å². The Bertz CT molecular complexity index is 610. The number of aromatic nitrogens is 2. The van der Waals surface area contributed by atoms with Crippen LogP contribution in [0.2, 0.25) is 0 Å². The number of hydrogen-bond donors (Lipinski definition) is 1. The molecule has 4 rings (SSSR count). The van der Waals surface area contributed by atoms with Crippen LogP contribution in [0.5, 0.6) is 0 Å². The number of hydrogen-bond acceptors (Lipinski definition) is 5. The molecule has 3 heterocycles. The van der Waals surface area contributed by atoms with Crippen LogP contribution in [0.3, 0.4) is 0 Å². The minimum Gasteiger partial charge on any atom is -0.353 e. The van der Waals surface area contributed by atoms with E-state index in [1.54, 1.807) is 0 Å². The summed E-state index contributed by atoms with van der Waals surface area (Å²) >= 11 is 0. The van der Waals surface area contributed by atoms with Crippen LogP contribution in [0.1, 0.15) is 44.2 Å². The molecule has 1 aliphatic carbocycles. The molecule has 0 radical (unpaired) electrons. The van der Waals surface area contributed by atoms with Crippen molar-refractivity contribution in [3.05, 3.63) is 18.0 Å². The Morgan fingerprint density at radius 3 is 2.68 bits per heavy atom. The van der Waals surface area contributed by atoms with Crippen molar-refractivity contribution in [1.29, 1.82) is 0 Å². The molecule has 3 aliphatic rings. The van der Waals surface area contributed by atoms with Gasteiger partial charge in [-0.1, -0.05) is 0 Å². The molecule has 1 atom stereocenters. The Hall–Kier alpha value is -1.69. The molecule has 1 saturated carbocycles. The first-order valence-corrected chi connectivity index (χ1v) is 9.78. The van der Waals surface area contributed by atoms with Gasteiger partial charge in [-0.15, -0.1) is 0 Å². The number of aryl methyl sites for hydroxylation is 1. The predicted molar refractivity (Wildman–Crippen MR) is 97.5 cm³/mol. The van der Waals surface area contributed by atoms with Gasteiger partial charge in [-0.05, 0) is 58.1 Å². The fourth-order valence-electron chi connectivity index (χ4n) is 4.12. The molecule has 0 aromatic carbocycles. The highest BCUT2D eigenvalue weighted by Gasteiger charge is 2.34. The zero-order valence-electron chi connectivity index (χ0n) is 15.2. The topological polar surface area (TPSA) is 61.4 Å². The fourth-order valence-corrected chi connectivity index (χ4v) is 4.12. The second-order valence-corrected chi connectivity index (χ2v) is 7.83. The zero-order chi connectivity index (χ0) is 17.2. The van der Waals surface area contributed by atoms with Crippen molar-refractivity contribution < 1.29 is 4.79 Å². The van der Waals surface area contributed by atoms with Crippen LogP contribution in [0.4, 0.5) is 5.95 Å². The lowest BCUT2D eigenvalue weighted by Gasteiger charge is -2.42. The highest BCUT2D eigenvalue weighted by Crippen LogP contribution is 2.26. The number of likely N-dealkylation sites (tertiary alicyclic amines) is 1. The normalized spacial score (nSPS) is 25.8. The number of carbonyl (C=O) groups is 1. The quantitative estimate of drug-likeness (QED) is 0.902. The summed E-state index contributed by atoms with van der Waals surface area (Å²) in [7, 11) is 0. The van der Waals surface area contributed by atoms with Crippen molar-refractivity contribution in [2.45, 2.75) is 57.5 Å². The number of amides is 1. The lowest BCUT2D eigenvalue weighted by atomic mass is 9.93. The average molecular weight is 343 g/mol. The van der Waals surface area contributed by atoms with E-state index in [1.807, 2.05) is 19.2 Å². The van der Waals surface area contributed by atoms with E-state index in [2.05, 4.69) is 25.1 Å². The van der Waals surface area contributed by atoms with E-state index in [-0.39, 0.29) is 11.8 Å². The third kappa shape index (κ3) is 4.11. The number of carbonyl (C=O) groups excluding carboxylic acids is 1. The molecule has 1 aromatic rings. The van der Waals surface area contributed by atoms with Crippen molar-refractivity contribution in [2.75, 3.05) is 31.1 Å². The predicted octanol–water partition coefficient (Wildman–Crippen LogP) is 1.74. The third-order valence-corrected chi connectivity index (χ3v) is 5.79. The van der Waals surface area contributed by atoms with Gasteiger partial charge in [0, 0.05) is 43.6 Å². The van der Waals surface area contributed by atoms with Crippen LogP contribution in [0.25, 0.3) is 0 Å². The molecule has 25 heavy (non-hydrogen) atoms. The van der Waals surface area contributed by atoms with Crippen molar-refractivity contribution in [1.82, 2.24) is 20.2 Å². The summed E-state index contributed by atoms with van der Waals surface area (Å²) < 4.78 is 0. The lowest BCUT2D eigenvalue weighted by molar-refractivity contribution is -0.127. The van der Waals surface area contributed by atoms with Gasteiger partial charge in [0.15, 0.2) is 0 Å². The van der Waals surface area contributed by atoms with Gasteiger partial charge in [-0.25, -0.2) is 9.97 Å². The molecule has 1 aromatic heterocycles. The maximum Gasteiger partial charge on any atom is 0.225 e. The largest absolute Gasteiger partial charge is 0.353 e. The summed E-state index contributed by atoms with van der Waals surface area (Å²) in [5.74, 6) is 1.34. The summed E-state index contributed by atoms with van der Waals surface area (Å²) in [6, 6.07) is 3.01. The molecular formula is C19H29N5O. The number of anilines is 1. The first-order chi connectivity index (χ1) is 12.2. The Morgan fingerprint density at radius 1 is 1.16 bits per heavy atom. The number of nitrogens with zero attached hydrogens (tertiary/aromatic N) is 4. The Balaban J connectivity index is 1.30. The molecule has 6 nitrogen and oxygen atoms in total. The van der Waals surface area contributed by atoms with Gasteiger partial charge in [0.25, 0.3) is 0 Å². The van der Waals surface area contributed by atoms with Crippen LogP contribution in [0, 0.1) is 12.8 Å². The molecule has 1 unspecified atom stereocenters. The second kappa shape index (κ2) is 7.28. The lowest BCUT2D eigenvalue weighted by Crippen LogP contribution is -2.51. The Labute approximate surface area is 150 Å². The average Bonchev–Trinajstić information content (AvgIpc) is 3.46. The molecule has 3 fully saturated rings. The minimum atomic E-state index is 0.187. The van der Waals surface area contributed by atoms with E-state index in [4.69, 9.17) is 0 Å². The van der Waals surface area contributed by atoms with Gasteiger partial charge < -0.3 is 10.2 Å². The second-order valence-electron chi connectivity index (χ2n) is 7.83. The molecule has 0 bridgehead atoms. The molecular weight excluding hydrogens is 314 g/mol. The van der Waals surface area contributed by atoms with Gasteiger partial charge in [-0.2, -0.15) is 0 Å². The van der Waals surface area contributed by atoms with E-state index in [0.29, 0.717) is 12.1 Å². The Morgan fingerprint density at radius 2 is 1.96 bits per heavy atom. The van der Waals surface area contributed by atoms with Crippen LogP contribution in [0.15, 0.2) is 12.3 Å². The molecule has 1 N–H and O–H groups in total. The zero-order valence-corrected chi connectivity index (χ0v) is 15.2. The van der Waals surface area contributed by atoms with Crippen LogP contribution < -0.4 is 10.2 Å². The van der Waals surface area contributed by atoms with Crippen LogP contribution >= 0.6 is 0 Å². The van der Waals surface area contributed by atoms with Crippen molar-refractivity contribution >= 4 is 11.9 Å². The standard InChI is InChI=1S/C19H29N5O/c1-14-6-9-20-19(21-14)23-11-7-17(8-12-23)24-10-2-3-15(13-24)18(25)22-16-4-5-16/h6,9,15-17H,2-5,7-8,10-13H2,1H3,(H,22,25). The summed E-state index contributed by atoms with van der Waals surface area (Å²) in [5, 5.41) is 3.19. The maximum absolute atomic E-state index is 12.4. The van der Waals surface area contributed by atoms with Crippen molar-refractivity contribution in [3.8, 4) is 0 Å². The highest BCUT2D eigenvalue weighted by molar-refractivity contribution is 5.79. The molecule has 0 spiro atoms. The molecule has 136 valence electrons. The summed E-state index contributed by atoms with van der Waals surface area (Å²) in [4.78, 5) is 26.2. The van der Waals surface area contributed by atoms with E-state index >= 15 is 0 Å². The number of rotatable bonds is 4. The summed E-state index contributed by atoms with van der Waals surface area (Å²) in [6.45, 7) is 6.09. The summed E-state index contributed by atoms with van der Waals surface area (Å²) in [5.41, 5.74) is 1.02. The first kappa shape index (κ1) is 16.8. The van der Waals surface area contributed by atoms with E-state index in [0.717, 1.165) is 63.5 Å². The highest BCUT2D eigenvalue weighted by atomic mass is 16.2. The van der Waals surface area contributed by atoms with Crippen molar-refractivity contribution in [2.24, 2.45) is 5.92 Å². The fraction of sp³-hybridized carbons (Fsp3) is 0.737. The monoisotopic (exact) mass is 343 g/mol. The number of piperidine rings is 2. The molecule has 1 amide bonds. The van der Waals surface area contributed by atoms with Gasteiger partial charge in [-0.3, -0.25) is 9.69 Å². The third-order valence-electron chi connectivity index (χ3n) is 5.79. The van der Waals surface area contributed by atoms with Crippen molar-refractivity contribution in [3.63, 3.8) is 0 Å². The van der Waals surface area contributed by atoms with Gasteiger partial charge in [0.05, 0.1) is 5.92 Å². The van der Waals surface area contributed by atoms with E-state index in [1.165, 1.54) is 12.8 Å². The SMILES string of the molecule is Cc1ccnc(N2CCC(N3CCCC(C(=O)NC4CC4)C3)CC2)n1. The van der Waals surface area contributed by atoms with E-state index in [9.17, 15) is 4.79 Å². The first-order valence-electron chi connectivity index (χ1n) is 9.78. The summed E-state index contributed by atoms with van der Waals surface area (Å²) in [6.07, 6.45) is 8.64. The molecule has 2 aliphatic heterocycles. The van der Waals surface area contributed by atoms with E-state index < -0.39 is 0 Å². The molecule has 2 saturated heterocycles. The van der Waals surface area contributed by atoms with Crippen LogP contribution in [-0.2, 0) is 4.79 Å². The smallest absolute Gasteiger partial charge is 0.225 e. The maximum atomic E-state index is 12.4. The van der Waals surface area contributed by atoms with Crippen LogP contribution in [-0.4, -0.2) is 59.0 Å². The number of nitrogens with one attached hydrogen (secondary N) is 1. The van der Waals surface area contributed by atoms with Gasteiger partial charge in [0.1, 0.15) is 0 Å². The Kier molecular flexibility index (Phi) is 4.88. The van der Waals surface area contributed by atoms with Gasteiger partial charge >= 0.3 is 0 Å². The molecule has 6 heteroatoms.